The van der Waals surface area contributed by atoms with E-state index in [4.69, 9.17) is 4.42 Å². The summed E-state index contributed by atoms with van der Waals surface area (Å²) in [6.07, 6.45) is 4.45. The fourth-order valence-electron chi connectivity index (χ4n) is 3.05. The van der Waals surface area contributed by atoms with Gasteiger partial charge in [0.25, 0.3) is 5.91 Å². The third-order valence-electron chi connectivity index (χ3n) is 4.47. The van der Waals surface area contributed by atoms with Crippen molar-refractivity contribution in [2.24, 2.45) is 0 Å². The van der Waals surface area contributed by atoms with Gasteiger partial charge in [-0.25, -0.2) is 0 Å². The molecule has 2 aromatic carbocycles. The standard InChI is InChI=1S/C22H19N3O3/c26-21(12-7-15-14-23-19-5-2-1-4-18(15)19)24-16-8-10-17(11-9-16)25-22(27)20-6-3-13-28-20/h1-6,8-11,13-14,23H,7,12H2,(H,24,26)(H,25,27). The van der Waals surface area contributed by atoms with Crippen molar-refractivity contribution >= 4 is 34.1 Å². The number of H-pyrrole nitrogens is 1. The molecule has 0 unspecified atom stereocenters. The van der Waals surface area contributed by atoms with Gasteiger partial charge in [-0.1, -0.05) is 18.2 Å². The number of rotatable bonds is 6. The normalized spacial score (nSPS) is 10.7. The highest BCUT2D eigenvalue weighted by molar-refractivity contribution is 6.02. The molecule has 140 valence electrons. The molecule has 0 spiro atoms. The summed E-state index contributed by atoms with van der Waals surface area (Å²) in [4.78, 5) is 27.4. The highest BCUT2D eigenvalue weighted by Crippen LogP contribution is 2.20. The topological polar surface area (TPSA) is 87.1 Å². The van der Waals surface area contributed by atoms with Crippen molar-refractivity contribution < 1.29 is 14.0 Å². The van der Waals surface area contributed by atoms with E-state index in [9.17, 15) is 9.59 Å². The predicted molar refractivity (Wildman–Crippen MR) is 108 cm³/mol. The smallest absolute Gasteiger partial charge is 0.291 e. The highest BCUT2D eigenvalue weighted by Gasteiger charge is 2.10. The Kier molecular flexibility index (Phi) is 4.93. The van der Waals surface area contributed by atoms with Crippen molar-refractivity contribution in [1.29, 1.82) is 0 Å². The Labute approximate surface area is 161 Å². The van der Waals surface area contributed by atoms with Gasteiger partial charge in [0.2, 0.25) is 5.91 Å². The van der Waals surface area contributed by atoms with Crippen LogP contribution in [0.4, 0.5) is 11.4 Å². The molecule has 6 heteroatoms. The van der Waals surface area contributed by atoms with Crippen molar-refractivity contribution in [3.8, 4) is 0 Å². The van der Waals surface area contributed by atoms with Gasteiger partial charge in [-0.3, -0.25) is 9.59 Å². The minimum absolute atomic E-state index is 0.0577. The summed E-state index contributed by atoms with van der Waals surface area (Å²) >= 11 is 0. The molecule has 0 aliphatic carbocycles. The Bertz CT molecular complexity index is 1100. The first-order valence-electron chi connectivity index (χ1n) is 8.99. The number of nitrogens with one attached hydrogen (secondary N) is 3. The lowest BCUT2D eigenvalue weighted by Gasteiger charge is -2.07. The summed E-state index contributed by atoms with van der Waals surface area (Å²) < 4.78 is 5.06. The molecule has 4 rings (SSSR count). The monoisotopic (exact) mass is 373 g/mol. The molecule has 0 saturated heterocycles. The largest absolute Gasteiger partial charge is 0.459 e. The molecule has 6 nitrogen and oxygen atoms in total. The maximum absolute atomic E-state index is 12.3. The molecule has 0 saturated carbocycles. The minimum atomic E-state index is -0.319. The molecule has 0 radical (unpaired) electrons. The summed E-state index contributed by atoms with van der Waals surface area (Å²) in [7, 11) is 0. The highest BCUT2D eigenvalue weighted by atomic mass is 16.3. The molecule has 2 heterocycles. The summed E-state index contributed by atoms with van der Waals surface area (Å²) in [6, 6.07) is 18.3. The number of aromatic amines is 1. The number of para-hydroxylation sites is 1. The maximum atomic E-state index is 12.3. The van der Waals surface area contributed by atoms with E-state index in [-0.39, 0.29) is 17.6 Å². The predicted octanol–water partition coefficient (Wildman–Crippen LogP) is 4.58. The average Bonchev–Trinajstić information content (AvgIpc) is 3.38. The maximum Gasteiger partial charge on any atom is 0.291 e. The van der Waals surface area contributed by atoms with E-state index in [1.165, 1.54) is 6.26 Å². The summed E-state index contributed by atoms with van der Waals surface area (Å²) in [5.74, 6) is -0.132. The number of benzene rings is 2. The van der Waals surface area contributed by atoms with Gasteiger partial charge < -0.3 is 20.0 Å². The lowest BCUT2D eigenvalue weighted by molar-refractivity contribution is -0.116. The zero-order chi connectivity index (χ0) is 19.3. The van der Waals surface area contributed by atoms with Gasteiger partial charge >= 0.3 is 0 Å². The van der Waals surface area contributed by atoms with Crippen LogP contribution >= 0.6 is 0 Å². The molecular weight excluding hydrogens is 354 g/mol. The number of anilines is 2. The Morgan fingerprint density at radius 2 is 1.64 bits per heavy atom. The first-order valence-corrected chi connectivity index (χ1v) is 8.99. The number of aryl methyl sites for hydroxylation is 1. The molecule has 2 amide bonds. The lowest BCUT2D eigenvalue weighted by Crippen LogP contribution is -2.13. The van der Waals surface area contributed by atoms with Gasteiger partial charge in [-0.05, 0) is 54.4 Å². The number of fused-ring (bicyclic) bond motifs is 1. The van der Waals surface area contributed by atoms with E-state index in [0.717, 1.165) is 16.5 Å². The number of carbonyl (C=O) groups excluding carboxylic acids is 2. The second kappa shape index (κ2) is 7.84. The fraction of sp³-hybridized carbons (Fsp3) is 0.0909. The van der Waals surface area contributed by atoms with Crippen molar-refractivity contribution in [2.75, 3.05) is 10.6 Å². The molecule has 0 bridgehead atoms. The molecule has 3 N–H and O–H groups in total. The van der Waals surface area contributed by atoms with Crippen LogP contribution in [0.3, 0.4) is 0 Å². The van der Waals surface area contributed by atoms with Crippen LogP contribution in [0.25, 0.3) is 10.9 Å². The van der Waals surface area contributed by atoms with Crippen LogP contribution in [0.5, 0.6) is 0 Å². The molecule has 2 aromatic heterocycles. The summed E-state index contributed by atoms with van der Waals surface area (Å²) in [6.45, 7) is 0. The number of amides is 2. The number of carbonyl (C=O) groups is 2. The van der Waals surface area contributed by atoms with Crippen LogP contribution in [0.1, 0.15) is 22.5 Å². The molecule has 28 heavy (non-hydrogen) atoms. The van der Waals surface area contributed by atoms with Crippen LogP contribution in [-0.4, -0.2) is 16.8 Å². The Balaban J connectivity index is 1.31. The van der Waals surface area contributed by atoms with Crippen molar-refractivity contribution in [2.45, 2.75) is 12.8 Å². The summed E-state index contributed by atoms with van der Waals surface area (Å²) in [5, 5.41) is 6.76. The van der Waals surface area contributed by atoms with Gasteiger partial charge in [0, 0.05) is 34.9 Å². The van der Waals surface area contributed by atoms with Gasteiger partial charge in [0.1, 0.15) is 0 Å². The Morgan fingerprint density at radius 1 is 0.893 bits per heavy atom. The number of hydrogen-bond donors (Lipinski definition) is 3. The third kappa shape index (κ3) is 3.96. The Hall–Kier alpha value is -3.80. The van der Waals surface area contributed by atoms with Crippen LogP contribution in [-0.2, 0) is 11.2 Å². The van der Waals surface area contributed by atoms with Crippen LogP contribution < -0.4 is 10.6 Å². The van der Waals surface area contributed by atoms with Crippen molar-refractivity contribution in [3.63, 3.8) is 0 Å². The van der Waals surface area contributed by atoms with Crippen molar-refractivity contribution in [3.05, 3.63) is 84.4 Å². The zero-order valence-electron chi connectivity index (χ0n) is 15.1. The van der Waals surface area contributed by atoms with E-state index in [2.05, 4.69) is 21.7 Å². The van der Waals surface area contributed by atoms with Crippen LogP contribution in [0.15, 0.2) is 77.5 Å². The van der Waals surface area contributed by atoms with Gasteiger partial charge in [-0.15, -0.1) is 0 Å². The molecular formula is C22H19N3O3. The van der Waals surface area contributed by atoms with E-state index in [0.29, 0.717) is 24.2 Å². The van der Waals surface area contributed by atoms with E-state index < -0.39 is 0 Å². The van der Waals surface area contributed by atoms with Gasteiger partial charge in [0.05, 0.1) is 6.26 Å². The first kappa shape index (κ1) is 17.6. The Morgan fingerprint density at radius 3 is 2.39 bits per heavy atom. The summed E-state index contributed by atoms with van der Waals surface area (Å²) in [5.41, 5.74) is 3.50. The van der Waals surface area contributed by atoms with Crippen LogP contribution in [0, 0.1) is 0 Å². The average molecular weight is 373 g/mol. The van der Waals surface area contributed by atoms with E-state index >= 15 is 0 Å². The van der Waals surface area contributed by atoms with E-state index in [1.807, 2.05) is 24.4 Å². The molecule has 0 aliphatic rings. The van der Waals surface area contributed by atoms with Crippen LogP contribution in [0.2, 0.25) is 0 Å². The SMILES string of the molecule is O=C(CCc1c[nH]c2ccccc12)Nc1ccc(NC(=O)c2ccco2)cc1. The quantitative estimate of drug-likeness (QED) is 0.462. The van der Waals surface area contributed by atoms with Crippen molar-refractivity contribution in [1.82, 2.24) is 4.98 Å². The molecule has 0 aliphatic heterocycles. The third-order valence-corrected chi connectivity index (χ3v) is 4.47. The van der Waals surface area contributed by atoms with Gasteiger partial charge in [0.15, 0.2) is 5.76 Å². The molecule has 0 atom stereocenters. The number of hydrogen-bond acceptors (Lipinski definition) is 3. The number of aromatic nitrogens is 1. The van der Waals surface area contributed by atoms with E-state index in [1.54, 1.807) is 36.4 Å². The number of furan rings is 1. The zero-order valence-corrected chi connectivity index (χ0v) is 15.1. The fourth-order valence-corrected chi connectivity index (χ4v) is 3.05. The lowest BCUT2D eigenvalue weighted by atomic mass is 10.1. The second-order valence-corrected chi connectivity index (χ2v) is 6.42. The molecule has 0 fully saturated rings. The van der Waals surface area contributed by atoms with Gasteiger partial charge in [-0.2, -0.15) is 0 Å². The second-order valence-electron chi connectivity index (χ2n) is 6.42. The minimum Gasteiger partial charge on any atom is -0.459 e. The molecule has 4 aromatic rings. The first-order chi connectivity index (χ1) is 13.7.